The normalized spacial score (nSPS) is 11.0. The second-order valence-corrected chi connectivity index (χ2v) is 18.5. The van der Waals surface area contributed by atoms with E-state index in [9.17, 15) is 9.59 Å². The van der Waals surface area contributed by atoms with Gasteiger partial charge in [-0.05, 0) is 55.2 Å². The predicted molar refractivity (Wildman–Crippen MR) is 209 cm³/mol. The molecule has 1 N–H and O–H groups in total. The summed E-state index contributed by atoms with van der Waals surface area (Å²) in [6.45, 7) is 46.0. The molecular weight excluding hydrogens is 568 g/mol. The largest absolute Gasteiger partial charge is 0.315 e. The van der Waals surface area contributed by atoms with Crippen LogP contribution < -0.4 is 5.32 Å². The van der Waals surface area contributed by atoms with Crippen molar-refractivity contribution in [1.29, 1.82) is 0 Å². The fourth-order valence-electron chi connectivity index (χ4n) is 2.00. The summed E-state index contributed by atoms with van der Waals surface area (Å²) >= 11 is 0. The van der Waals surface area contributed by atoms with Crippen LogP contribution in [-0.4, -0.2) is 31.2 Å². The Morgan fingerprint density at radius 3 is 0.913 bits per heavy atom. The number of carbonyl (C=O) groups is 2. The summed E-state index contributed by atoms with van der Waals surface area (Å²) in [6.07, 6.45) is 1.31. The third-order valence-electron chi connectivity index (χ3n) is 4.79. The molecule has 0 bridgehead atoms. The van der Waals surface area contributed by atoms with Crippen LogP contribution in [-0.2, 0) is 15.0 Å². The molecule has 0 heterocycles. The molecule has 0 fully saturated rings. The maximum Gasteiger partial charge on any atom is 0.137 e. The maximum absolute atomic E-state index is 10.8. The highest BCUT2D eigenvalue weighted by Crippen LogP contribution is 2.20. The van der Waals surface area contributed by atoms with Gasteiger partial charge in [0.1, 0.15) is 11.6 Å². The average molecular weight is 651 g/mol. The van der Waals surface area contributed by atoms with Crippen molar-refractivity contribution in [1.82, 2.24) is 5.32 Å². The number of nitrogens with zero attached hydrogens (tertiary/aromatic N) is 3. The van der Waals surface area contributed by atoms with E-state index in [2.05, 4.69) is 143 Å². The third-order valence-corrected chi connectivity index (χ3v) is 4.79. The van der Waals surface area contributed by atoms with Crippen molar-refractivity contribution in [2.24, 2.45) is 26.8 Å². The molecule has 6 heteroatoms. The summed E-state index contributed by atoms with van der Waals surface area (Å²) in [7, 11) is 3.35. The van der Waals surface area contributed by atoms with Gasteiger partial charge >= 0.3 is 0 Å². The predicted octanol–water partition coefficient (Wildman–Crippen LogP) is 13.0. The number of carbonyl (C=O) groups excluding carboxylic acids is 2. The summed E-state index contributed by atoms with van der Waals surface area (Å²) in [6, 6.07) is 10.6. The lowest BCUT2D eigenvalue weighted by Crippen LogP contribution is -2.31. The van der Waals surface area contributed by atoms with Gasteiger partial charge in [-0.2, -0.15) is 0 Å². The molecule has 46 heavy (non-hydrogen) atoms. The SMILES string of the molecule is CC(C)(C)C.CC(C)(C)C.CC(C)(C)c1ccccc1.CCC(=O)C(C)(C)C.CCC(=O)C(C)(C)C.CN=[N+]=[N-].CNC(C)(C)C. The van der Waals surface area contributed by atoms with Crippen molar-refractivity contribution in [2.45, 2.75) is 176 Å². The fourth-order valence-corrected chi connectivity index (χ4v) is 2.00. The van der Waals surface area contributed by atoms with Gasteiger partial charge in [-0.1, -0.05) is 167 Å². The summed E-state index contributed by atoms with van der Waals surface area (Å²) in [5.41, 5.74) is 10.1. The Bertz CT molecular complexity index is 854. The molecule has 0 saturated carbocycles. The Labute approximate surface area is 289 Å². The molecule has 6 nitrogen and oxygen atoms in total. The van der Waals surface area contributed by atoms with E-state index in [-0.39, 0.29) is 10.8 Å². The van der Waals surface area contributed by atoms with Crippen LogP contribution in [0.2, 0.25) is 0 Å². The lowest BCUT2D eigenvalue weighted by atomic mass is 9.87. The molecule has 0 aliphatic rings. The van der Waals surface area contributed by atoms with Crippen LogP contribution in [0.5, 0.6) is 0 Å². The van der Waals surface area contributed by atoms with Gasteiger partial charge < -0.3 is 5.32 Å². The topological polar surface area (TPSA) is 94.9 Å². The zero-order chi connectivity index (χ0) is 38.8. The van der Waals surface area contributed by atoms with Crippen LogP contribution in [0.15, 0.2) is 35.4 Å². The van der Waals surface area contributed by atoms with Crippen molar-refractivity contribution in [3.8, 4) is 0 Å². The minimum absolute atomic E-state index is 0.130. The molecular formula is C40H82N4O2. The van der Waals surface area contributed by atoms with Crippen LogP contribution in [0, 0.1) is 21.7 Å². The molecule has 0 radical (unpaired) electrons. The minimum Gasteiger partial charge on any atom is -0.315 e. The van der Waals surface area contributed by atoms with Gasteiger partial charge in [0.05, 0.1) is 0 Å². The highest BCUT2D eigenvalue weighted by Gasteiger charge is 2.18. The van der Waals surface area contributed by atoms with Crippen molar-refractivity contribution in [2.75, 3.05) is 14.1 Å². The lowest BCUT2D eigenvalue weighted by molar-refractivity contribution is -0.126. The van der Waals surface area contributed by atoms with E-state index in [0.717, 1.165) is 0 Å². The Morgan fingerprint density at radius 1 is 0.630 bits per heavy atom. The van der Waals surface area contributed by atoms with Gasteiger partial charge in [-0.3, -0.25) is 9.59 Å². The third kappa shape index (κ3) is 68.8. The molecule has 274 valence electrons. The van der Waals surface area contributed by atoms with Crippen LogP contribution in [0.25, 0.3) is 10.4 Å². The fraction of sp³-hybridized carbons (Fsp3) is 0.800. The first-order valence-electron chi connectivity index (χ1n) is 16.8. The van der Waals surface area contributed by atoms with E-state index in [4.69, 9.17) is 5.53 Å². The Balaban J connectivity index is -0.000000104. The summed E-state index contributed by atoms with van der Waals surface area (Å²) in [4.78, 5) is 24.0. The van der Waals surface area contributed by atoms with Crippen molar-refractivity contribution < 1.29 is 9.59 Å². The van der Waals surface area contributed by atoms with E-state index >= 15 is 0 Å². The van der Waals surface area contributed by atoms with E-state index < -0.39 is 0 Å². The van der Waals surface area contributed by atoms with E-state index in [1.807, 2.05) is 62.4 Å². The minimum atomic E-state index is -0.130. The molecule has 1 aromatic rings. The van der Waals surface area contributed by atoms with Gasteiger partial charge in [-0.15, -0.1) is 0 Å². The summed E-state index contributed by atoms with van der Waals surface area (Å²) in [5.74, 6) is 0.662. The number of benzene rings is 1. The Kier molecular flexibility index (Phi) is 32.8. The summed E-state index contributed by atoms with van der Waals surface area (Å²) in [5, 5.41) is 6.02. The average Bonchev–Trinajstić information content (AvgIpc) is 2.85. The number of hydrogen-bond acceptors (Lipinski definition) is 4. The zero-order valence-corrected chi connectivity index (χ0v) is 35.5. The first-order valence-corrected chi connectivity index (χ1v) is 16.8. The molecule has 0 saturated heterocycles. The number of azide groups is 1. The molecule has 0 atom stereocenters. The molecule has 0 spiro atoms. The van der Waals surface area contributed by atoms with Crippen LogP contribution >= 0.6 is 0 Å². The molecule has 0 aromatic heterocycles. The molecule has 0 aliphatic carbocycles. The second-order valence-electron chi connectivity index (χ2n) is 18.5. The van der Waals surface area contributed by atoms with Crippen molar-refractivity contribution >= 4 is 11.6 Å². The first-order chi connectivity index (χ1) is 20.0. The van der Waals surface area contributed by atoms with E-state index in [1.165, 1.54) is 12.6 Å². The van der Waals surface area contributed by atoms with Gasteiger partial charge in [0.25, 0.3) is 0 Å². The Morgan fingerprint density at radius 2 is 0.848 bits per heavy atom. The van der Waals surface area contributed by atoms with Crippen molar-refractivity contribution in [3.05, 3.63) is 46.3 Å². The Hall–Kier alpha value is -2.17. The summed E-state index contributed by atoms with van der Waals surface area (Å²) < 4.78 is 0. The number of rotatable bonds is 2. The second kappa shape index (κ2) is 26.9. The highest BCUT2D eigenvalue weighted by atomic mass is 16.1. The van der Waals surface area contributed by atoms with Crippen LogP contribution in [0.1, 0.15) is 171 Å². The maximum atomic E-state index is 10.8. The highest BCUT2D eigenvalue weighted by molar-refractivity contribution is 5.83. The van der Waals surface area contributed by atoms with Crippen molar-refractivity contribution in [3.63, 3.8) is 0 Å². The van der Waals surface area contributed by atoms with Gasteiger partial charge in [0.2, 0.25) is 0 Å². The molecule has 1 rings (SSSR count). The lowest BCUT2D eigenvalue weighted by Gasteiger charge is -2.18. The molecule has 1 aromatic carbocycles. The monoisotopic (exact) mass is 651 g/mol. The first kappa shape index (κ1) is 56.2. The number of nitrogens with one attached hydrogen (secondary N) is 1. The van der Waals surface area contributed by atoms with Crippen LogP contribution in [0.4, 0.5) is 0 Å². The van der Waals surface area contributed by atoms with E-state index in [0.29, 0.717) is 46.2 Å². The molecule has 0 amide bonds. The smallest absolute Gasteiger partial charge is 0.137 e. The standard InChI is InChI=1S/C10H14.2C7H14O.C5H13N.2C5H12.CH3N3/c1-10(2,3)9-7-5-4-6-8-9;2*1-5-6(8)7(2,3)4;1-5(2,3)6-4;2*1-5(2,3)4;1-3-4-2/h4-8H,1-3H3;2*5H2,1-4H3;6H,1-4H3;2*1-4H3;1H3. The number of ketones is 2. The number of Topliss-reactive ketones (excluding diaryl/α,β-unsaturated/α-hetero) is 2. The number of hydrogen-bond donors (Lipinski definition) is 1. The molecule has 0 aliphatic heterocycles. The van der Waals surface area contributed by atoms with Gasteiger partial charge in [0.15, 0.2) is 0 Å². The van der Waals surface area contributed by atoms with E-state index in [1.54, 1.807) is 0 Å². The zero-order valence-electron chi connectivity index (χ0n) is 35.5. The van der Waals surface area contributed by atoms with Gasteiger partial charge in [0, 0.05) is 41.2 Å². The quantitative estimate of drug-likeness (QED) is 0.196. The molecule has 0 unspecified atom stereocenters. The van der Waals surface area contributed by atoms with Crippen LogP contribution in [0.3, 0.4) is 0 Å². The van der Waals surface area contributed by atoms with Gasteiger partial charge in [-0.25, -0.2) is 0 Å².